The van der Waals surface area contributed by atoms with Gasteiger partial charge in [0.15, 0.2) is 0 Å². The monoisotopic (exact) mass is 615 g/mol. The van der Waals surface area contributed by atoms with Crippen LogP contribution in [0.5, 0.6) is 0 Å². The molecule has 0 amide bonds. The predicted octanol–water partition coefficient (Wildman–Crippen LogP) is 8.08. The third-order valence-electron chi connectivity index (χ3n) is 3.36. The van der Waals surface area contributed by atoms with E-state index in [4.69, 9.17) is 22.6 Å². The van der Waals surface area contributed by atoms with Gasteiger partial charge in [-0.05, 0) is 6.92 Å². The molecule has 0 saturated carbocycles. The Morgan fingerprint density at radius 1 is 0.500 bits per heavy atom. The maximum absolute atomic E-state index is 13.5. The topological polar surface area (TPSA) is 83.2 Å². The Kier molecular flexibility index (Phi) is 14.4. The molecule has 1 aliphatic heterocycles. The predicted molar refractivity (Wildman–Crippen MR) is 108 cm³/mol. The van der Waals surface area contributed by atoms with Crippen molar-refractivity contribution in [2.24, 2.45) is 13.5 Å². The maximum atomic E-state index is 13.5. The van der Waals surface area contributed by atoms with Crippen LogP contribution in [0.2, 0.25) is 0 Å². The quantitative estimate of drug-likeness (QED) is 0.115. The molecular formula is C14H23F11N3O5P3. The Morgan fingerprint density at radius 3 is 1.28 bits per heavy atom. The van der Waals surface area contributed by atoms with Gasteiger partial charge in [-0.3, -0.25) is 0 Å². The molecule has 0 spiro atoms. The van der Waals surface area contributed by atoms with Crippen LogP contribution in [-0.4, -0.2) is 77.5 Å². The van der Waals surface area contributed by atoms with Gasteiger partial charge in [-0.1, -0.05) is 0 Å². The molecular weight excluding hydrogens is 592 g/mol. The molecule has 0 bridgehead atoms. The summed E-state index contributed by atoms with van der Waals surface area (Å²) in [6.45, 7) is -6.42. The molecule has 3 unspecified atom stereocenters. The van der Waals surface area contributed by atoms with Crippen LogP contribution in [0, 0.1) is 0 Å². The Labute approximate surface area is 198 Å². The molecule has 0 fully saturated rings. The molecule has 0 saturated heterocycles. The second kappa shape index (κ2) is 15.3. The number of hydrogen-bond acceptors (Lipinski definition) is 8. The van der Waals surface area contributed by atoms with E-state index in [2.05, 4.69) is 13.5 Å². The Hall–Kier alpha value is -0.280. The molecule has 0 aromatic rings. The molecule has 0 aromatic carbocycles. The fraction of sp³-hybridized carbons (Fsp3) is 1.00. The zero-order valence-electron chi connectivity index (χ0n) is 18.3. The van der Waals surface area contributed by atoms with Crippen LogP contribution in [0.1, 0.15) is 13.3 Å². The first-order valence-electron chi connectivity index (χ1n) is 9.80. The van der Waals surface area contributed by atoms with Crippen molar-refractivity contribution in [3.05, 3.63) is 0 Å². The van der Waals surface area contributed by atoms with Crippen molar-refractivity contribution in [3.63, 3.8) is 0 Å². The van der Waals surface area contributed by atoms with Gasteiger partial charge in [0, 0.05) is 12.6 Å². The van der Waals surface area contributed by atoms with Gasteiger partial charge in [0.25, 0.3) is 25.7 Å². The average Bonchev–Trinajstić information content (AvgIpc) is 2.76. The van der Waals surface area contributed by atoms with E-state index in [1.807, 2.05) is 0 Å². The Balaban J connectivity index is 3.92. The summed E-state index contributed by atoms with van der Waals surface area (Å²) in [5, 5.41) is 0. The summed E-state index contributed by atoms with van der Waals surface area (Å²) in [6, 6.07) is 0. The summed E-state index contributed by atoms with van der Waals surface area (Å²) in [7, 11) is -14.3. The molecule has 0 aliphatic carbocycles. The lowest BCUT2D eigenvalue weighted by molar-refractivity contribution is 0.0543. The van der Waals surface area contributed by atoms with Crippen molar-refractivity contribution in [1.29, 1.82) is 0 Å². The van der Waals surface area contributed by atoms with Crippen LogP contribution >= 0.6 is 22.8 Å². The maximum Gasteiger partial charge on any atom is 0.347 e. The average molecular weight is 615 g/mol. The first-order valence-corrected chi connectivity index (χ1v) is 14.7. The van der Waals surface area contributed by atoms with Crippen LogP contribution < -0.4 is 0 Å². The van der Waals surface area contributed by atoms with Crippen molar-refractivity contribution < 1.29 is 70.9 Å². The fourth-order valence-corrected chi connectivity index (χ4v) is 12.8. The lowest BCUT2D eigenvalue weighted by Gasteiger charge is -2.34. The zero-order chi connectivity index (χ0) is 27.6. The Morgan fingerprint density at radius 2 is 0.889 bits per heavy atom. The minimum atomic E-state index is -4.92. The molecule has 36 heavy (non-hydrogen) atoms. The number of alkyl halides is 11. The third-order valence-corrected chi connectivity index (χ3v) is 12.6. The van der Waals surface area contributed by atoms with Gasteiger partial charge >= 0.3 is 15.3 Å². The summed E-state index contributed by atoms with van der Waals surface area (Å²) >= 11 is 0. The number of halogens is 11. The number of nitrogens with zero attached hydrogens (tertiary/aromatic N) is 3. The largest absolute Gasteiger partial charge is 0.347 e. The van der Waals surface area contributed by atoms with Crippen LogP contribution in [0.15, 0.2) is 13.5 Å². The molecule has 0 aromatic heterocycles. The molecule has 1 heterocycles. The second-order valence-corrected chi connectivity index (χ2v) is 13.8. The van der Waals surface area contributed by atoms with Crippen molar-refractivity contribution in [3.8, 4) is 0 Å². The summed E-state index contributed by atoms with van der Waals surface area (Å²) in [6.07, 6.45) is -20.3. The standard InChI is InChI=1S/C14H23F11N3O5P3/c1-9(15)4-30-35(31-6-12(20)21)26-34(3-2-10(16)17,29-5-11(18)19)27-36(28-35,32-7-13(22)23)33-8-14(24)25/h9-14H,2-8H2,1H3. The first kappa shape index (κ1) is 33.7. The van der Waals surface area contributed by atoms with Gasteiger partial charge < -0.3 is 22.6 Å². The van der Waals surface area contributed by atoms with Crippen molar-refractivity contribution in [2.75, 3.05) is 39.2 Å². The van der Waals surface area contributed by atoms with Crippen LogP contribution in [-0.2, 0) is 22.6 Å². The highest BCUT2D eigenvalue weighted by Gasteiger charge is 2.43. The summed E-state index contributed by atoms with van der Waals surface area (Å²) < 4.78 is 178. The highest BCUT2D eigenvalue weighted by molar-refractivity contribution is 7.80. The molecule has 1 aliphatic rings. The minimum Gasteiger partial charge on any atom is -0.321 e. The summed E-state index contributed by atoms with van der Waals surface area (Å²) in [5.41, 5.74) is 0. The zero-order valence-corrected chi connectivity index (χ0v) is 21.0. The van der Waals surface area contributed by atoms with E-state index in [0.717, 1.165) is 6.92 Å². The molecule has 0 N–H and O–H groups in total. The van der Waals surface area contributed by atoms with E-state index in [1.165, 1.54) is 0 Å². The highest BCUT2D eigenvalue weighted by Crippen LogP contribution is 2.80. The minimum absolute atomic E-state index is 0.910. The van der Waals surface area contributed by atoms with Gasteiger partial charge in [0.1, 0.15) is 32.6 Å². The summed E-state index contributed by atoms with van der Waals surface area (Å²) in [4.78, 5) is 0. The van der Waals surface area contributed by atoms with Crippen LogP contribution in [0.3, 0.4) is 0 Å². The van der Waals surface area contributed by atoms with Gasteiger partial charge in [0.2, 0.25) is 13.9 Å². The van der Waals surface area contributed by atoms with Crippen molar-refractivity contribution in [1.82, 2.24) is 0 Å². The third kappa shape index (κ3) is 12.5. The molecule has 216 valence electrons. The van der Waals surface area contributed by atoms with E-state index in [9.17, 15) is 48.3 Å². The number of rotatable bonds is 18. The second-order valence-electron chi connectivity index (χ2n) is 6.64. The molecule has 3 atom stereocenters. The van der Waals surface area contributed by atoms with E-state index in [0.29, 0.717) is 0 Å². The van der Waals surface area contributed by atoms with Gasteiger partial charge in [-0.25, -0.2) is 48.3 Å². The lowest BCUT2D eigenvalue weighted by atomic mass is 10.5. The van der Waals surface area contributed by atoms with Crippen LogP contribution in [0.4, 0.5) is 48.3 Å². The summed E-state index contributed by atoms with van der Waals surface area (Å²) in [5.74, 6) is 0. The highest BCUT2D eigenvalue weighted by atomic mass is 31.3. The molecule has 8 nitrogen and oxygen atoms in total. The SMILES string of the molecule is CC(F)COP1(OCC(F)F)=NP(CCC(F)F)(OCC(F)F)=NP(OCC(F)F)(OCC(F)F)=N1. The van der Waals surface area contributed by atoms with Gasteiger partial charge in [-0.15, -0.1) is 4.52 Å². The van der Waals surface area contributed by atoms with E-state index in [-0.39, 0.29) is 0 Å². The van der Waals surface area contributed by atoms with Crippen molar-refractivity contribution in [2.45, 2.75) is 51.6 Å². The Bertz CT molecular complexity index is 666. The van der Waals surface area contributed by atoms with E-state index in [1.54, 1.807) is 0 Å². The lowest BCUT2D eigenvalue weighted by Crippen LogP contribution is -2.14. The number of hydrogen-bond donors (Lipinski definition) is 0. The van der Waals surface area contributed by atoms with E-state index >= 15 is 0 Å². The normalized spacial score (nSPS) is 24.9. The van der Waals surface area contributed by atoms with Crippen molar-refractivity contribution >= 4 is 22.8 Å². The first-order chi connectivity index (χ1) is 16.6. The molecule has 22 heteroatoms. The fourth-order valence-electron chi connectivity index (χ4n) is 2.14. The molecule has 0 radical (unpaired) electrons. The van der Waals surface area contributed by atoms with Crippen LogP contribution in [0.25, 0.3) is 0 Å². The van der Waals surface area contributed by atoms with E-state index < -0.39 is 107 Å². The molecule has 1 rings (SSSR count). The van der Waals surface area contributed by atoms with Gasteiger partial charge in [0.05, 0.1) is 6.61 Å². The van der Waals surface area contributed by atoms with Gasteiger partial charge in [-0.2, -0.15) is 9.03 Å². The smallest absolute Gasteiger partial charge is 0.321 e.